The lowest BCUT2D eigenvalue weighted by Crippen LogP contribution is -2.16. The molecule has 30 heavy (non-hydrogen) atoms. The Labute approximate surface area is 177 Å². The van der Waals surface area contributed by atoms with Crippen LogP contribution in [0.3, 0.4) is 0 Å². The van der Waals surface area contributed by atoms with Crippen LogP contribution in [0.2, 0.25) is 5.02 Å². The Hall–Kier alpha value is -3.90. The summed E-state index contributed by atoms with van der Waals surface area (Å²) in [7, 11) is 0. The molecule has 0 aliphatic carbocycles. The van der Waals surface area contributed by atoms with Crippen molar-refractivity contribution >= 4 is 28.9 Å². The van der Waals surface area contributed by atoms with Gasteiger partial charge in [0, 0.05) is 16.7 Å². The summed E-state index contributed by atoms with van der Waals surface area (Å²) >= 11 is 6.25. The van der Waals surface area contributed by atoms with Crippen molar-refractivity contribution in [2.24, 2.45) is 5.16 Å². The molecule has 6 nitrogen and oxygen atoms in total. The number of benzene rings is 3. The number of hydrogen-bond acceptors (Lipinski definition) is 5. The van der Waals surface area contributed by atoms with Crippen LogP contribution in [0.4, 0.5) is 5.69 Å². The molecule has 4 rings (SSSR count). The van der Waals surface area contributed by atoms with E-state index in [-0.39, 0.29) is 5.56 Å². The summed E-state index contributed by atoms with van der Waals surface area (Å²) in [6.45, 7) is 0. The Morgan fingerprint density at radius 1 is 0.933 bits per heavy atom. The summed E-state index contributed by atoms with van der Waals surface area (Å²) in [4.78, 5) is 13.0. The van der Waals surface area contributed by atoms with Crippen molar-refractivity contribution in [1.82, 2.24) is 5.16 Å². The number of carbonyl (C=O) groups excluding carboxylic acids is 1. The minimum atomic E-state index is -0.427. The third-order valence-electron chi connectivity index (χ3n) is 4.52. The van der Waals surface area contributed by atoms with E-state index in [1.165, 1.54) is 6.26 Å². The number of hydrogen-bond donors (Lipinski definition) is 2. The van der Waals surface area contributed by atoms with Gasteiger partial charge in [-0.25, -0.2) is 0 Å². The van der Waals surface area contributed by atoms with Gasteiger partial charge in [0.2, 0.25) is 0 Å². The summed E-state index contributed by atoms with van der Waals surface area (Å²) in [5, 5.41) is 20.3. The van der Waals surface area contributed by atoms with Gasteiger partial charge in [0.05, 0.1) is 10.7 Å². The van der Waals surface area contributed by atoms with Crippen LogP contribution in [0, 0.1) is 0 Å². The smallest absolute Gasteiger partial charge is 0.261 e. The molecular weight excluding hydrogens is 402 g/mol. The summed E-state index contributed by atoms with van der Waals surface area (Å²) in [5.41, 5.74) is 3.26. The third kappa shape index (κ3) is 3.81. The molecule has 3 aromatic carbocycles. The van der Waals surface area contributed by atoms with Crippen LogP contribution in [0.1, 0.15) is 21.5 Å². The van der Waals surface area contributed by atoms with Crippen LogP contribution >= 0.6 is 11.6 Å². The Kier molecular flexibility index (Phi) is 5.59. The fraction of sp³-hybridized carbons (Fsp3) is 0. The number of amides is 1. The van der Waals surface area contributed by atoms with Gasteiger partial charge in [-0.15, -0.1) is 0 Å². The van der Waals surface area contributed by atoms with Gasteiger partial charge in [-0.2, -0.15) is 0 Å². The predicted molar refractivity (Wildman–Crippen MR) is 115 cm³/mol. The second-order valence-electron chi connectivity index (χ2n) is 6.37. The molecule has 1 amide bonds. The molecule has 0 bridgehead atoms. The Bertz CT molecular complexity index is 1220. The van der Waals surface area contributed by atoms with E-state index >= 15 is 0 Å². The average molecular weight is 418 g/mol. The molecule has 0 saturated carbocycles. The van der Waals surface area contributed by atoms with Gasteiger partial charge in [0.15, 0.2) is 0 Å². The van der Waals surface area contributed by atoms with Crippen LogP contribution in [-0.4, -0.2) is 22.0 Å². The van der Waals surface area contributed by atoms with E-state index in [0.717, 1.165) is 0 Å². The first-order chi connectivity index (χ1) is 14.7. The van der Waals surface area contributed by atoms with Gasteiger partial charge in [-0.1, -0.05) is 88.6 Å². The molecule has 0 saturated heterocycles. The number of oxime groups is 1. The SMILES string of the molecule is O=C(Nc1ccccc1/C(=N\O)c1ccccc1)c1conc1-c1ccccc1Cl. The lowest BCUT2D eigenvalue weighted by Gasteiger charge is -2.12. The minimum Gasteiger partial charge on any atom is -0.410 e. The molecule has 0 unspecified atom stereocenters. The first-order valence-electron chi connectivity index (χ1n) is 9.06. The maximum absolute atomic E-state index is 13.0. The minimum absolute atomic E-state index is 0.236. The molecule has 0 radical (unpaired) electrons. The first-order valence-corrected chi connectivity index (χ1v) is 9.44. The topological polar surface area (TPSA) is 87.7 Å². The molecule has 0 spiro atoms. The van der Waals surface area contributed by atoms with Crippen LogP contribution in [0.15, 0.2) is 94.8 Å². The highest BCUT2D eigenvalue weighted by molar-refractivity contribution is 6.33. The maximum Gasteiger partial charge on any atom is 0.261 e. The number of para-hydroxylation sites is 1. The fourth-order valence-corrected chi connectivity index (χ4v) is 3.32. The van der Waals surface area contributed by atoms with Gasteiger partial charge in [-0.3, -0.25) is 4.79 Å². The van der Waals surface area contributed by atoms with E-state index in [0.29, 0.717) is 38.8 Å². The van der Waals surface area contributed by atoms with Crippen LogP contribution in [0.25, 0.3) is 11.3 Å². The van der Waals surface area contributed by atoms with Crippen molar-refractivity contribution in [3.05, 3.63) is 107 Å². The molecule has 1 aromatic heterocycles. The van der Waals surface area contributed by atoms with Crippen molar-refractivity contribution in [3.63, 3.8) is 0 Å². The van der Waals surface area contributed by atoms with Gasteiger partial charge in [-0.05, 0) is 12.1 Å². The number of rotatable bonds is 5. The molecule has 7 heteroatoms. The van der Waals surface area contributed by atoms with E-state index in [2.05, 4.69) is 15.6 Å². The Morgan fingerprint density at radius 2 is 1.63 bits per heavy atom. The molecule has 4 aromatic rings. The van der Waals surface area contributed by atoms with E-state index in [9.17, 15) is 10.0 Å². The Balaban J connectivity index is 1.68. The summed E-state index contributed by atoms with van der Waals surface area (Å²) in [6, 6.07) is 23.3. The highest BCUT2D eigenvalue weighted by Gasteiger charge is 2.21. The molecule has 2 N–H and O–H groups in total. The zero-order valence-electron chi connectivity index (χ0n) is 15.6. The largest absolute Gasteiger partial charge is 0.410 e. The van der Waals surface area contributed by atoms with Gasteiger partial charge >= 0.3 is 0 Å². The van der Waals surface area contributed by atoms with Crippen molar-refractivity contribution in [1.29, 1.82) is 0 Å². The number of halogens is 1. The summed E-state index contributed by atoms with van der Waals surface area (Å²) in [6.07, 6.45) is 1.27. The zero-order chi connectivity index (χ0) is 20.9. The number of anilines is 1. The van der Waals surface area contributed by atoms with Crippen LogP contribution in [0.5, 0.6) is 0 Å². The van der Waals surface area contributed by atoms with Gasteiger partial charge in [0.25, 0.3) is 5.91 Å². The van der Waals surface area contributed by atoms with Crippen LogP contribution < -0.4 is 5.32 Å². The highest BCUT2D eigenvalue weighted by atomic mass is 35.5. The monoisotopic (exact) mass is 417 g/mol. The van der Waals surface area contributed by atoms with Gasteiger partial charge < -0.3 is 15.0 Å². The first kappa shape index (κ1) is 19.4. The summed E-state index contributed by atoms with van der Waals surface area (Å²) in [5.74, 6) is -0.427. The van der Waals surface area contributed by atoms with Crippen molar-refractivity contribution in [2.45, 2.75) is 0 Å². The molecule has 0 fully saturated rings. The predicted octanol–water partition coefficient (Wildman–Crippen LogP) is 5.47. The lowest BCUT2D eigenvalue weighted by molar-refractivity contribution is 0.102. The average Bonchev–Trinajstić information content (AvgIpc) is 3.26. The molecule has 1 heterocycles. The van der Waals surface area contributed by atoms with E-state index in [1.807, 2.05) is 30.3 Å². The Morgan fingerprint density at radius 3 is 2.40 bits per heavy atom. The third-order valence-corrected chi connectivity index (χ3v) is 4.85. The normalized spacial score (nSPS) is 11.3. The number of nitrogens with zero attached hydrogens (tertiary/aromatic N) is 2. The number of carbonyl (C=O) groups is 1. The molecule has 0 atom stereocenters. The quantitative estimate of drug-likeness (QED) is 0.256. The van der Waals surface area contributed by atoms with Crippen LogP contribution in [-0.2, 0) is 0 Å². The number of nitrogens with one attached hydrogen (secondary N) is 1. The molecule has 0 aliphatic heterocycles. The maximum atomic E-state index is 13.0. The standard InChI is InChI=1S/C23H16ClN3O3/c24-19-12-6-4-10-16(19)22-18(14-30-27-22)23(28)25-20-13-7-5-11-17(20)21(26-29)15-8-2-1-3-9-15/h1-14,29H,(H,25,28)/b26-21-. The van der Waals surface area contributed by atoms with Crippen molar-refractivity contribution in [2.75, 3.05) is 5.32 Å². The molecule has 148 valence electrons. The van der Waals surface area contributed by atoms with Gasteiger partial charge in [0.1, 0.15) is 23.2 Å². The zero-order valence-corrected chi connectivity index (χ0v) is 16.4. The van der Waals surface area contributed by atoms with E-state index in [4.69, 9.17) is 16.1 Å². The molecule has 0 aliphatic rings. The molecular formula is C23H16ClN3O3. The summed E-state index contributed by atoms with van der Waals surface area (Å²) < 4.78 is 5.05. The number of aromatic nitrogens is 1. The second kappa shape index (κ2) is 8.63. The van der Waals surface area contributed by atoms with Crippen molar-refractivity contribution in [3.8, 4) is 11.3 Å². The second-order valence-corrected chi connectivity index (χ2v) is 6.78. The highest BCUT2D eigenvalue weighted by Crippen LogP contribution is 2.30. The van der Waals surface area contributed by atoms with E-state index < -0.39 is 5.91 Å². The van der Waals surface area contributed by atoms with E-state index in [1.54, 1.807) is 48.5 Å². The van der Waals surface area contributed by atoms with Crippen molar-refractivity contribution < 1.29 is 14.5 Å². The lowest BCUT2D eigenvalue weighted by atomic mass is 10.0. The fourth-order valence-electron chi connectivity index (χ4n) is 3.10.